The summed E-state index contributed by atoms with van der Waals surface area (Å²) in [6.45, 7) is 13.2. The lowest BCUT2D eigenvalue weighted by Crippen LogP contribution is -2.53. The molecule has 0 saturated carbocycles. The van der Waals surface area contributed by atoms with E-state index in [1.807, 2.05) is 6.08 Å². The minimum atomic E-state index is -0.251. The first-order chi connectivity index (χ1) is 20.4. The molecule has 5 aromatic rings. The average Bonchev–Trinajstić information content (AvgIpc) is 3.58. The molecule has 3 aromatic carbocycles. The van der Waals surface area contributed by atoms with Crippen molar-refractivity contribution in [1.29, 1.82) is 0 Å². The Bertz CT molecular complexity index is 1930. The van der Waals surface area contributed by atoms with Gasteiger partial charge in [-0.1, -0.05) is 82.0 Å². The van der Waals surface area contributed by atoms with Gasteiger partial charge >= 0.3 is 0 Å². The van der Waals surface area contributed by atoms with Gasteiger partial charge in [-0.05, 0) is 55.7 Å². The molecule has 0 bridgehead atoms. The lowest BCUT2D eigenvalue weighted by atomic mass is 9.60. The van der Waals surface area contributed by atoms with Gasteiger partial charge in [0.1, 0.15) is 29.0 Å². The zero-order valence-corrected chi connectivity index (χ0v) is 25.8. The Morgan fingerprint density at radius 1 is 0.976 bits per heavy atom. The molecule has 0 aliphatic carbocycles. The molecule has 0 radical (unpaired) electrons. The van der Waals surface area contributed by atoms with Gasteiger partial charge in [-0.2, -0.15) is 4.57 Å². The Morgan fingerprint density at radius 3 is 2.45 bits per heavy atom. The molecule has 42 heavy (non-hydrogen) atoms. The first-order valence-electron chi connectivity index (χ1n) is 15.1. The monoisotopic (exact) mass is 554 g/mol. The quantitative estimate of drug-likeness (QED) is 0.109. The number of benzene rings is 3. The molecule has 4 heteroatoms. The lowest BCUT2D eigenvalue weighted by Gasteiger charge is -2.48. The van der Waals surface area contributed by atoms with Crippen LogP contribution in [0.25, 0.3) is 45.1 Å². The van der Waals surface area contributed by atoms with Gasteiger partial charge in [0.2, 0.25) is 0 Å². The highest BCUT2D eigenvalue weighted by Crippen LogP contribution is 2.54. The third kappa shape index (κ3) is 3.74. The summed E-state index contributed by atoms with van der Waals surface area (Å²) in [5.41, 5.74) is 5.99. The summed E-state index contributed by atoms with van der Waals surface area (Å²) in [7, 11) is 4.26. The summed E-state index contributed by atoms with van der Waals surface area (Å²) in [6.07, 6.45) is 17.4. The first-order valence-corrected chi connectivity index (χ1v) is 15.1. The van der Waals surface area contributed by atoms with Gasteiger partial charge in [-0.15, -0.1) is 0 Å². The summed E-state index contributed by atoms with van der Waals surface area (Å²) >= 11 is 0. The van der Waals surface area contributed by atoms with E-state index in [9.17, 15) is 0 Å². The minimum absolute atomic E-state index is 0.0975. The van der Waals surface area contributed by atoms with E-state index in [-0.39, 0.29) is 11.0 Å². The molecule has 6 rings (SSSR count). The highest BCUT2D eigenvalue weighted by atomic mass is 15.2. The SMILES string of the molecule is C=C/C=C(n1c2ccccc2c2cccc(/C=C/C3(CC)n4cc[n+](C)c4-c4ccccc4C3(C)CC)c21)\[N+](C)=C/C. The van der Waals surface area contributed by atoms with Gasteiger partial charge in [0.05, 0.1) is 25.9 Å². The summed E-state index contributed by atoms with van der Waals surface area (Å²) in [4.78, 5) is 0. The molecule has 2 unspecified atom stereocenters. The maximum absolute atomic E-state index is 4.05. The largest absolute Gasteiger partial charge is 0.289 e. The van der Waals surface area contributed by atoms with Crippen LogP contribution in [-0.2, 0) is 18.0 Å². The zero-order chi connectivity index (χ0) is 29.6. The number of hydrogen-bond acceptors (Lipinski definition) is 0. The Morgan fingerprint density at radius 2 is 1.71 bits per heavy atom. The number of aryl methyl sites for hydroxylation is 1. The van der Waals surface area contributed by atoms with E-state index in [1.165, 1.54) is 44.3 Å². The topological polar surface area (TPSA) is 16.8 Å². The van der Waals surface area contributed by atoms with Gasteiger partial charge in [0.15, 0.2) is 0 Å². The van der Waals surface area contributed by atoms with Crippen LogP contribution in [0.4, 0.5) is 0 Å². The smallest absolute Gasteiger partial charge is 0.241 e. The fourth-order valence-corrected chi connectivity index (χ4v) is 7.45. The van der Waals surface area contributed by atoms with Gasteiger partial charge in [0, 0.05) is 27.8 Å². The van der Waals surface area contributed by atoms with Crippen molar-refractivity contribution in [3.8, 4) is 11.4 Å². The second-order valence-corrected chi connectivity index (χ2v) is 11.7. The molecular weight excluding hydrogens is 512 g/mol. The molecule has 1 aliphatic rings. The third-order valence-electron chi connectivity index (χ3n) is 9.90. The van der Waals surface area contributed by atoms with E-state index in [2.05, 4.69) is 170 Å². The van der Waals surface area contributed by atoms with Crippen LogP contribution in [0.1, 0.15) is 51.7 Å². The van der Waals surface area contributed by atoms with Gasteiger partial charge in [-0.25, -0.2) is 13.7 Å². The van der Waals surface area contributed by atoms with Gasteiger partial charge < -0.3 is 0 Å². The van der Waals surface area contributed by atoms with Crippen LogP contribution in [0, 0.1) is 0 Å². The number of para-hydroxylation sites is 2. The molecule has 1 aliphatic heterocycles. The number of allylic oxidation sites excluding steroid dienone is 3. The molecule has 4 nitrogen and oxygen atoms in total. The molecular formula is C38H42N4+2. The van der Waals surface area contributed by atoms with Crippen LogP contribution in [0.2, 0.25) is 0 Å². The van der Waals surface area contributed by atoms with E-state index < -0.39 is 0 Å². The number of imidazole rings is 1. The van der Waals surface area contributed by atoms with Gasteiger partial charge in [0.25, 0.3) is 11.6 Å². The number of aromatic nitrogens is 3. The van der Waals surface area contributed by atoms with Crippen LogP contribution >= 0.6 is 0 Å². The number of hydrogen-bond donors (Lipinski definition) is 0. The predicted octanol–water partition coefficient (Wildman–Crippen LogP) is 8.30. The van der Waals surface area contributed by atoms with E-state index in [0.29, 0.717) is 0 Å². The van der Waals surface area contributed by atoms with E-state index >= 15 is 0 Å². The van der Waals surface area contributed by atoms with Crippen molar-refractivity contribution in [3.05, 3.63) is 115 Å². The molecule has 3 heterocycles. The Kier molecular flexibility index (Phi) is 6.89. The molecule has 2 atom stereocenters. The standard InChI is InChI=1S/C38H42N4/c1-8-17-34(39(6)11-4)42-33-23-15-13-19-29(33)30-21-16-18-28(35(30)42)24-25-38(10-3)37(5,9-2)32-22-14-12-20-31(32)36-40(7)26-27-41(36)38/h8,11-27H,1,9-10H2,2-7H3/q+2/b25-24+,34-17+,39-11-. The van der Waals surface area contributed by atoms with Crippen LogP contribution in [-0.4, -0.2) is 27.0 Å². The van der Waals surface area contributed by atoms with E-state index in [1.54, 1.807) is 0 Å². The fourth-order valence-electron chi connectivity index (χ4n) is 7.45. The van der Waals surface area contributed by atoms with Crippen LogP contribution in [0.5, 0.6) is 0 Å². The lowest BCUT2D eigenvalue weighted by molar-refractivity contribution is -0.660. The van der Waals surface area contributed by atoms with Crippen LogP contribution in [0.15, 0.2) is 104 Å². The zero-order valence-electron chi connectivity index (χ0n) is 25.8. The van der Waals surface area contributed by atoms with Crippen LogP contribution in [0.3, 0.4) is 0 Å². The van der Waals surface area contributed by atoms with Crippen LogP contribution < -0.4 is 4.57 Å². The molecule has 0 fully saturated rings. The second-order valence-electron chi connectivity index (χ2n) is 11.7. The van der Waals surface area contributed by atoms with E-state index in [4.69, 9.17) is 0 Å². The summed E-state index contributed by atoms with van der Waals surface area (Å²) in [6, 6.07) is 24.4. The van der Waals surface area contributed by atoms with Crippen molar-refractivity contribution in [1.82, 2.24) is 9.13 Å². The summed E-state index contributed by atoms with van der Waals surface area (Å²) < 4.78 is 9.36. The number of rotatable bonds is 7. The summed E-state index contributed by atoms with van der Waals surface area (Å²) in [5.74, 6) is 2.32. The van der Waals surface area contributed by atoms with Gasteiger partial charge in [-0.3, -0.25) is 0 Å². The maximum atomic E-state index is 4.05. The molecule has 0 N–H and O–H groups in total. The van der Waals surface area contributed by atoms with E-state index in [0.717, 1.165) is 18.7 Å². The van der Waals surface area contributed by atoms with Crippen molar-refractivity contribution in [2.24, 2.45) is 7.05 Å². The Hall–Kier alpha value is -4.44. The van der Waals surface area contributed by atoms with Crippen molar-refractivity contribution >= 4 is 39.9 Å². The molecule has 2 aromatic heterocycles. The number of fused-ring (bicyclic) bond motifs is 6. The Labute approximate surface area is 249 Å². The Balaban J connectivity index is 1.66. The minimum Gasteiger partial charge on any atom is -0.241 e. The third-order valence-corrected chi connectivity index (χ3v) is 9.90. The molecule has 0 saturated heterocycles. The van der Waals surface area contributed by atoms with Crippen molar-refractivity contribution < 1.29 is 9.14 Å². The fraction of sp³-hybridized carbons (Fsp3) is 0.263. The molecule has 0 spiro atoms. The highest BCUT2D eigenvalue weighted by Gasteiger charge is 2.56. The predicted molar refractivity (Wildman–Crippen MR) is 178 cm³/mol. The van der Waals surface area contributed by atoms with Crippen molar-refractivity contribution in [2.45, 2.75) is 51.5 Å². The van der Waals surface area contributed by atoms with Crippen molar-refractivity contribution in [2.75, 3.05) is 7.05 Å². The summed E-state index contributed by atoms with van der Waals surface area (Å²) in [5, 5.41) is 2.50. The number of nitrogens with zero attached hydrogens (tertiary/aromatic N) is 4. The first kappa shape index (κ1) is 27.7. The van der Waals surface area contributed by atoms with Crippen molar-refractivity contribution in [3.63, 3.8) is 0 Å². The highest BCUT2D eigenvalue weighted by molar-refractivity contribution is 6.12. The normalized spacial score (nSPS) is 20.8. The average molecular weight is 555 g/mol. The molecule has 0 amide bonds. The second kappa shape index (κ2) is 10.4. The maximum Gasteiger partial charge on any atom is 0.289 e. The molecule has 212 valence electrons.